The summed E-state index contributed by atoms with van der Waals surface area (Å²) >= 11 is 0. The smallest absolute Gasteiger partial charge is 0.224 e. The summed E-state index contributed by atoms with van der Waals surface area (Å²) < 4.78 is 0. The van der Waals surface area contributed by atoms with Crippen molar-refractivity contribution < 1.29 is 0 Å². The van der Waals surface area contributed by atoms with E-state index in [9.17, 15) is 0 Å². The van der Waals surface area contributed by atoms with E-state index in [1.807, 2.05) is 19.0 Å². The molecule has 3 heteroatoms. The molecule has 0 aliphatic carbocycles. The zero-order valence-electron chi connectivity index (χ0n) is 6.78. The third-order valence-corrected chi connectivity index (χ3v) is 1.29. The molecule has 0 aliphatic heterocycles. The molecule has 0 bridgehead atoms. The number of nitrogens with zero attached hydrogens (tertiary/aromatic N) is 3. The molecular formula is C8H11N3. The Morgan fingerprint density at radius 1 is 1.36 bits per heavy atom. The van der Waals surface area contributed by atoms with E-state index < -0.39 is 0 Å². The molecule has 0 fully saturated rings. The molecule has 1 aromatic rings. The van der Waals surface area contributed by atoms with Gasteiger partial charge in [0, 0.05) is 32.1 Å². The average Bonchev–Trinajstić information content (AvgIpc) is 2.05. The van der Waals surface area contributed by atoms with Crippen molar-refractivity contribution in [1.82, 2.24) is 9.97 Å². The van der Waals surface area contributed by atoms with Crippen LogP contribution in [0, 0.1) is 0 Å². The van der Waals surface area contributed by atoms with E-state index >= 15 is 0 Å². The van der Waals surface area contributed by atoms with E-state index in [0.717, 1.165) is 11.5 Å². The Hall–Kier alpha value is -1.38. The fourth-order valence-corrected chi connectivity index (χ4v) is 0.668. The second kappa shape index (κ2) is 3.14. The van der Waals surface area contributed by atoms with Crippen LogP contribution in [0.5, 0.6) is 0 Å². The lowest BCUT2D eigenvalue weighted by atomic mass is 10.3. The minimum atomic E-state index is 0.718. The molecule has 0 radical (unpaired) electrons. The van der Waals surface area contributed by atoms with Gasteiger partial charge >= 0.3 is 0 Å². The highest BCUT2D eigenvalue weighted by Crippen LogP contribution is 2.02. The monoisotopic (exact) mass is 149 g/mol. The first kappa shape index (κ1) is 7.72. The van der Waals surface area contributed by atoms with E-state index in [1.54, 1.807) is 18.5 Å². The van der Waals surface area contributed by atoms with Gasteiger partial charge < -0.3 is 4.90 Å². The predicted octanol–water partition coefficient (Wildman–Crippen LogP) is 1.19. The van der Waals surface area contributed by atoms with Gasteiger partial charge in [0.15, 0.2) is 0 Å². The summed E-state index contributed by atoms with van der Waals surface area (Å²) in [5.74, 6) is 0.718. The highest BCUT2D eigenvalue weighted by Gasteiger charge is 1.95. The van der Waals surface area contributed by atoms with Crippen LogP contribution in [0.2, 0.25) is 0 Å². The molecule has 0 unspecified atom stereocenters. The maximum absolute atomic E-state index is 4.09. The lowest BCUT2D eigenvalue weighted by molar-refractivity contribution is 0.996. The van der Waals surface area contributed by atoms with E-state index in [1.165, 1.54) is 0 Å². The van der Waals surface area contributed by atoms with Crippen molar-refractivity contribution in [2.75, 3.05) is 19.0 Å². The largest absolute Gasteiger partial charge is 0.347 e. The van der Waals surface area contributed by atoms with Crippen LogP contribution in [0.15, 0.2) is 19.0 Å². The van der Waals surface area contributed by atoms with Crippen molar-refractivity contribution in [2.45, 2.75) is 0 Å². The molecule has 0 aromatic carbocycles. The van der Waals surface area contributed by atoms with Crippen LogP contribution in [0.3, 0.4) is 0 Å². The van der Waals surface area contributed by atoms with Crippen LogP contribution in [0.4, 0.5) is 5.95 Å². The van der Waals surface area contributed by atoms with Crippen molar-refractivity contribution in [3.8, 4) is 0 Å². The average molecular weight is 149 g/mol. The van der Waals surface area contributed by atoms with E-state index in [-0.39, 0.29) is 0 Å². The summed E-state index contributed by atoms with van der Waals surface area (Å²) in [5, 5.41) is 0. The van der Waals surface area contributed by atoms with Gasteiger partial charge in [-0.3, -0.25) is 0 Å². The Kier molecular flexibility index (Phi) is 2.21. The van der Waals surface area contributed by atoms with Crippen LogP contribution < -0.4 is 4.90 Å². The van der Waals surface area contributed by atoms with Gasteiger partial charge in [-0.1, -0.05) is 12.7 Å². The molecule has 0 N–H and O–H groups in total. The maximum Gasteiger partial charge on any atom is 0.224 e. The van der Waals surface area contributed by atoms with Gasteiger partial charge in [0.25, 0.3) is 0 Å². The highest BCUT2D eigenvalue weighted by molar-refractivity contribution is 5.44. The molecule has 0 amide bonds. The second-order valence-electron chi connectivity index (χ2n) is 2.41. The van der Waals surface area contributed by atoms with Crippen LogP contribution in [-0.4, -0.2) is 24.1 Å². The summed E-state index contributed by atoms with van der Waals surface area (Å²) in [6.45, 7) is 3.61. The summed E-state index contributed by atoms with van der Waals surface area (Å²) in [7, 11) is 3.81. The fourth-order valence-electron chi connectivity index (χ4n) is 0.668. The number of hydrogen-bond donors (Lipinski definition) is 0. The number of anilines is 1. The van der Waals surface area contributed by atoms with Crippen molar-refractivity contribution in [3.05, 3.63) is 24.5 Å². The lowest BCUT2D eigenvalue weighted by Crippen LogP contribution is -2.12. The van der Waals surface area contributed by atoms with Crippen molar-refractivity contribution in [3.63, 3.8) is 0 Å². The molecule has 3 nitrogen and oxygen atoms in total. The van der Waals surface area contributed by atoms with Gasteiger partial charge in [-0.2, -0.15) is 0 Å². The number of aromatic nitrogens is 2. The van der Waals surface area contributed by atoms with Crippen LogP contribution in [0.25, 0.3) is 6.08 Å². The van der Waals surface area contributed by atoms with Gasteiger partial charge in [-0.25, -0.2) is 9.97 Å². The number of rotatable bonds is 2. The minimum Gasteiger partial charge on any atom is -0.347 e. The first-order valence-electron chi connectivity index (χ1n) is 3.36. The Morgan fingerprint density at radius 3 is 2.27 bits per heavy atom. The van der Waals surface area contributed by atoms with Gasteiger partial charge in [0.05, 0.1) is 0 Å². The van der Waals surface area contributed by atoms with Crippen molar-refractivity contribution >= 4 is 12.0 Å². The molecule has 0 saturated carbocycles. The molecule has 0 spiro atoms. The first-order valence-corrected chi connectivity index (χ1v) is 3.36. The molecule has 0 aliphatic rings. The third kappa shape index (κ3) is 1.77. The Labute approximate surface area is 66.4 Å². The van der Waals surface area contributed by atoms with Crippen LogP contribution in [0.1, 0.15) is 5.56 Å². The van der Waals surface area contributed by atoms with Crippen LogP contribution in [-0.2, 0) is 0 Å². The third-order valence-electron chi connectivity index (χ3n) is 1.29. The quantitative estimate of drug-likeness (QED) is 0.632. The fraction of sp³-hybridized carbons (Fsp3) is 0.250. The van der Waals surface area contributed by atoms with Gasteiger partial charge in [-0.05, 0) is 0 Å². The molecule has 1 rings (SSSR count). The molecular weight excluding hydrogens is 138 g/mol. The summed E-state index contributed by atoms with van der Waals surface area (Å²) in [4.78, 5) is 10.0. The molecule has 1 aromatic heterocycles. The summed E-state index contributed by atoms with van der Waals surface area (Å²) in [6.07, 6.45) is 5.21. The molecule has 11 heavy (non-hydrogen) atoms. The van der Waals surface area contributed by atoms with Crippen molar-refractivity contribution in [1.29, 1.82) is 0 Å². The first-order chi connectivity index (χ1) is 5.24. The summed E-state index contributed by atoms with van der Waals surface area (Å²) in [5.41, 5.74) is 0.940. The minimum absolute atomic E-state index is 0.718. The standard InChI is InChI=1S/C8H11N3/c1-4-7-5-9-8(10-6-7)11(2)3/h4-6H,1H2,2-3H3. The van der Waals surface area contributed by atoms with Crippen molar-refractivity contribution in [2.24, 2.45) is 0 Å². The number of hydrogen-bond acceptors (Lipinski definition) is 3. The molecule has 0 saturated heterocycles. The zero-order valence-corrected chi connectivity index (χ0v) is 6.78. The van der Waals surface area contributed by atoms with E-state index in [2.05, 4.69) is 16.5 Å². The zero-order chi connectivity index (χ0) is 8.27. The Morgan fingerprint density at radius 2 is 1.91 bits per heavy atom. The maximum atomic E-state index is 4.09. The topological polar surface area (TPSA) is 29.0 Å². The van der Waals surface area contributed by atoms with Gasteiger partial charge in [-0.15, -0.1) is 0 Å². The Balaban J connectivity index is 2.91. The molecule has 1 heterocycles. The molecule has 58 valence electrons. The Bertz CT molecular complexity index is 238. The molecule has 0 atom stereocenters. The highest BCUT2D eigenvalue weighted by atomic mass is 15.2. The van der Waals surface area contributed by atoms with Gasteiger partial charge in [0.1, 0.15) is 0 Å². The van der Waals surface area contributed by atoms with Crippen LogP contribution >= 0.6 is 0 Å². The van der Waals surface area contributed by atoms with E-state index in [0.29, 0.717) is 0 Å². The SMILES string of the molecule is C=Cc1cnc(N(C)C)nc1. The van der Waals surface area contributed by atoms with E-state index in [4.69, 9.17) is 0 Å². The summed E-state index contributed by atoms with van der Waals surface area (Å²) in [6, 6.07) is 0. The predicted molar refractivity (Wildman–Crippen MR) is 46.5 cm³/mol. The second-order valence-corrected chi connectivity index (χ2v) is 2.41. The lowest BCUT2D eigenvalue weighted by Gasteiger charge is -2.08. The normalized spacial score (nSPS) is 9.27. The van der Waals surface area contributed by atoms with Gasteiger partial charge in [0.2, 0.25) is 5.95 Å².